The minimum atomic E-state index is 0.827. The van der Waals surface area contributed by atoms with Crippen molar-refractivity contribution in [2.24, 2.45) is 0 Å². The number of hydrogen-bond donors (Lipinski definition) is 1. The van der Waals surface area contributed by atoms with Crippen molar-refractivity contribution in [3.8, 4) is 11.4 Å². The highest BCUT2D eigenvalue weighted by atomic mass is 79.9. The van der Waals surface area contributed by atoms with Crippen molar-refractivity contribution in [2.45, 2.75) is 19.9 Å². The summed E-state index contributed by atoms with van der Waals surface area (Å²) >= 11 is 5.45. The maximum Gasteiger partial charge on any atom is 0.159 e. The summed E-state index contributed by atoms with van der Waals surface area (Å²) in [6.45, 7) is 7.02. The molecule has 3 aromatic heterocycles. The van der Waals surface area contributed by atoms with E-state index in [4.69, 9.17) is 4.98 Å². The molecule has 4 heterocycles. The van der Waals surface area contributed by atoms with E-state index < -0.39 is 0 Å². The average Bonchev–Trinajstić information content (AvgIpc) is 3.44. The molecule has 1 fully saturated rings. The number of anilines is 1. The van der Waals surface area contributed by atoms with Crippen molar-refractivity contribution < 1.29 is 0 Å². The zero-order chi connectivity index (χ0) is 20.5. The van der Waals surface area contributed by atoms with Crippen LogP contribution in [0.1, 0.15) is 17.5 Å². The molecular formula is C22H23BrN6S. The van der Waals surface area contributed by atoms with Gasteiger partial charge in [0.05, 0.1) is 16.7 Å². The van der Waals surface area contributed by atoms with Crippen LogP contribution in [0.2, 0.25) is 0 Å². The largest absolute Gasteiger partial charge is 0.366 e. The van der Waals surface area contributed by atoms with Gasteiger partial charge in [-0.05, 0) is 27.9 Å². The lowest BCUT2D eigenvalue weighted by Gasteiger charge is -2.36. The Balaban J connectivity index is 1.40. The molecule has 0 saturated carbocycles. The van der Waals surface area contributed by atoms with Gasteiger partial charge in [-0.25, -0.2) is 15.0 Å². The molecule has 0 spiro atoms. The molecule has 1 aliphatic rings. The number of pyridine rings is 1. The Bertz CT molecular complexity index is 1130. The number of H-pyrrole nitrogens is 1. The Kier molecular flexibility index (Phi) is 5.54. The number of piperazine rings is 1. The van der Waals surface area contributed by atoms with Gasteiger partial charge in [0, 0.05) is 49.5 Å². The van der Waals surface area contributed by atoms with E-state index in [9.17, 15) is 0 Å². The lowest BCUT2D eigenvalue weighted by molar-refractivity contribution is 0.249. The third-order valence-corrected chi connectivity index (χ3v) is 6.95. The SMILES string of the molecule is CCc1ccc(-c2nc3c(N4CCN(Cc5nccs5)CC4)c(Br)cnc3[nH]2)cc1. The maximum atomic E-state index is 4.94. The van der Waals surface area contributed by atoms with Crippen LogP contribution in [-0.2, 0) is 13.0 Å². The minimum absolute atomic E-state index is 0.827. The first-order valence-corrected chi connectivity index (χ1v) is 11.9. The van der Waals surface area contributed by atoms with Crippen LogP contribution >= 0.6 is 27.3 Å². The van der Waals surface area contributed by atoms with Gasteiger partial charge in [0.2, 0.25) is 0 Å². The van der Waals surface area contributed by atoms with E-state index >= 15 is 0 Å². The van der Waals surface area contributed by atoms with E-state index in [1.807, 2.05) is 17.8 Å². The first-order valence-electron chi connectivity index (χ1n) is 10.2. The molecule has 8 heteroatoms. The number of benzene rings is 1. The summed E-state index contributed by atoms with van der Waals surface area (Å²) in [6, 6.07) is 8.58. The normalized spacial score (nSPS) is 15.2. The molecule has 0 radical (unpaired) electrons. The molecule has 1 aliphatic heterocycles. The number of nitrogens with zero attached hydrogens (tertiary/aromatic N) is 5. The molecular weight excluding hydrogens is 460 g/mol. The number of halogens is 1. The first kappa shape index (κ1) is 19.7. The lowest BCUT2D eigenvalue weighted by Crippen LogP contribution is -2.46. The van der Waals surface area contributed by atoms with Crippen molar-refractivity contribution >= 4 is 44.1 Å². The number of thiazole rings is 1. The molecule has 5 rings (SSSR count). The zero-order valence-electron chi connectivity index (χ0n) is 16.8. The van der Waals surface area contributed by atoms with Crippen molar-refractivity contribution in [1.29, 1.82) is 0 Å². The van der Waals surface area contributed by atoms with Gasteiger partial charge in [-0.1, -0.05) is 31.2 Å². The molecule has 0 atom stereocenters. The summed E-state index contributed by atoms with van der Waals surface area (Å²) < 4.78 is 0.989. The fourth-order valence-corrected chi connectivity index (χ4v) is 5.10. The number of aryl methyl sites for hydroxylation is 1. The van der Waals surface area contributed by atoms with Crippen molar-refractivity contribution in [3.05, 3.63) is 57.1 Å². The molecule has 6 nitrogen and oxygen atoms in total. The predicted octanol–water partition coefficient (Wildman–Crippen LogP) is 4.73. The van der Waals surface area contributed by atoms with E-state index in [1.165, 1.54) is 10.6 Å². The molecule has 0 bridgehead atoms. The summed E-state index contributed by atoms with van der Waals surface area (Å²) in [5.41, 5.74) is 5.29. The van der Waals surface area contributed by atoms with Gasteiger partial charge in [0.1, 0.15) is 16.3 Å². The maximum absolute atomic E-state index is 4.94. The fourth-order valence-electron chi connectivity index (χ4n) is 3.91. The van der Waals surface area contributed by atoms with Crippen LogP contribution in [0.25, 0.3) is 22.6 Å². The third-order valence-electron chi connectivity index (χ3n) is 5.61. The minimum Gasteiger partial charge on any atom is -0.366 e. The van der Waals surface area contributed by atoms with Crippen LogP contribution < -0.4 is 4.90 Å². The second kappa shape index (κ2) is 8.45. The van der Waals surface area contributed by atoms with Gasteiger partial charge in [-0.3, -0.25) is 4.90 Å². The highest BCUT2D eigenvalue weighted by Crippen LogP contribution is 2.34. The van der Waals surface area contributed by atoms with Gasteiger partial charge < -0.3 is 9.88 Å². The Labute approximate surface area is 188 Å². The average molecular weight is 483 g/mol. The predicted molar refractivity (Wildman–Crippen MR) is 126 cm³/mol. The fraction of sp³-hybridized carbons (Fsp3) is 0.318. The quantitative estimate of drug-likeness (QED) is 0.445. The van der Waals surface area contributed by atoms with Crippen LogP contribution in [0.15, 0.2) is 46.5 Å². The molecule has 1 saturated heterocycles. The van der Waals surface area contributed by atoms with Gasteiger partial charge in [0.15, 0.2) is 5.65 Å². The van der Waals surface area contributed by atoms with Gasteiger partial charge >= 0.3 is 0 Å². The number of imidazole rings is 1. The highest BCUT2D eigenvalue weighted by Gasteiger charge is 2.23. The van der Waals surface area contributed by atoms with Crippen LogP contribution in [0, 0.1) is 0 Å². The number of aromatic amines is 1. The number of rotatable bonds is 5. The zero-order valence-corrected chi connectivity index (χ0v) is 19.2. The second-order valence-electron chi connectivity index (χ2n) is 7.48. The number of hydrogen-bond acceptors (Lipinski definition) is 6. The van der Waals surface area contributed by atoms with E-state index in [-0.39, 0.29) is 0 Å². The summed E-state index contributed by atoms with van der Waals surface area (Å²) in [5.74, 6) is 0.863. The van der Waals surface area contributed by atoms with Crippen LogP contribution in [-0.4, -0.2) is 51.0 Å². The summed E-state index contributed by atoms with van der Waals surface area (Å²) in [6.07, 6.45) is 4.79. The molecule has 1 N–H and O–H groups in total. The van der Waals surface area contributed by atoms with Crippen LogP contribution in [0.5, 0.6) is 0 Å². The Hall–Kier alpha value is -2.29. The smallest absolute Gasteiger partial charge is 0.159 e. The molecule has 30 heavy (non-hydrogen) atoms. The van der Waals surface area contributed by atoms with Gasteiger partial charge in [-0.15, -0.1) is 11.3 Å². The third kappa shape index (κ3) is 3.87. The highest BCUT2D eigenvalue weighted by molar-refractivity contribution is 9.10. The Morgan fingerprint density at radius 1 is 1.10 bits per heavy atom. The topological polar surface area (TPSA) is 60.9 Å². The second-order valence-corrected chi connectivity index (χ2v) is 9.31. The molecule has 0 unspecified atom stereocenters. The van der Waals surface area contributed by atoms with E-state index in [1.54, 1.807) is 11.3 Å². The number of nitrogens with one attached hydrogen (secondary N) is 1. The number of fused-ring (bicyclic) bond motifs is 1. The van der Waals surface area contributed by atoms with E-state index in [0.717, 1.165) is 71.9 Å². The van der Waals surface area contributed by atoms with E-state index in [0.29, 0.717) is 0 Å². The van der Waals surface area contributed by atoms with Gasteiger partial charge in [0.25, 0.3) is 0 Å². The summed E-state index contributed by atoms with van der Waals surface area (Å²) in [4.78, 5) is 22.2. The van der Waals surface area contributed by atoms with Crippen molar-refractivity contribution in [2.75, 3.05) is 31.1 Å². The molecule has 0 amide bonds. The summed E-state index contributed by atoms with van der Waals surface area (Å²) in [5, 5.41) is 3.23. The van der Waals surface area contributed by atoms with Crippen LogP contribution in [0.4, 0.5) is 5.69 Å². The standard InChI is InChI=1S/C22H23BrN6S/c1-2-15-3-5-16(6-4-15)21-26-19-20(17(23)13-25-22(19)27-21)29-10-8-28(9-11-29)14-18-24-7-12-30-18/h3-7,12-13H,2,8-11,14H2,1H3,(H,25,26,27). The number of aromatic nitrogens is 4. The monoisotopic (exact) mass is 482 g/mol. The summed E-state index contributed by atoms with van der Waals surface area (Å²) in [7, 11) is 0. The molecule has 1 aromatic carbocycles. The Morgan fingerprint density at radius 2 is 1.90 bits per heavy atom. The lowest BCUT2D eigenvalue weighted by atomic mass is 10.1. The molecule has 0 aliphatic carbocycles. The van der Waals surface area contributed by atoms with E-state index in [2.05, 4.69) is 71.9 Å². The molecule has 154 valence electrons. The van der Waals surface area contributed by atoms with Gasteiger partial charge in [-0.2, -0.15) is 0 Å². The molecule has 4 aromatic rings. The van der Waals surface area contributed by atoms with Crippen molar-refractivity contribution in [1.82, 2.24) is 24.8 Å². The van der Waals surface area contributed by atoms with Crippen LogP contribution in [0.3, 0.4) is 0 Å². The van der Waals surface area contributed by atoms with Crippen molar-refractivity contribution in [3.63, 3.8) is 0 Å². The Morgan fingerprint density at radius 3 is 2.60 bits per heavy atom. The first-order chi connectivity index (χ1) is 14.7.